The molecule has 1 saturated heterocycles. The van der Waals surface area contributed by atoms with Gasteiger partial charge in [-0.25, -0.2) is 4.79 Å². The first kappa shape index (κ1) is 18.9. The van der Waals surface area contributed by atoms with Crippen molar-refractivity contribution < 1.29 is 23.5 Å². The van der Waals surface area contributed by atoms with Crippen molar-refractivity contribution in [2.75, 3.05) is 13.2 Å². The number of rotatable bonds is 7. The molecule has 2 aromatic rings. The van der Waals surface area contributed by atoms with Crippen LogP contribution in [0.3, 0.4) is 0 Å². The zero-order valence-electron chi connectivity index (χ0n) is 15.4. The van der Waals surface area contributed by atoms with E-state index < -0.39 is 18.5 Å². The molecule has 0 radical (unpaired) electrons. The van der Waals surface area contributed by atoms with Crippen LogP contribution in [0.25, 0.3) is 17.0 Å². The van der Waals surface area contributed by atoms with E-state index in [1.54, 1.807) is 6.08 Å². The molecule has 0 atom stereocenters. The first-order valence-electron chi connectivity index (χ1n) is 9.28. The number of benzene rings is 1. The lowest BCUT2D eigenvalue weighted by Crippen LogP contribution is -2.35. The number of likely N-dealkylation sites (tertiary alicyclic amines) is 1. The monoisotopic (exact) mass is 369 g/mol. The van der Waals surface area contributed by atoms with E-state index in [1.807, 2.05) is 24.3 Å². The average molecular weight is 369 g/mol. The third-order valence-electron chi connectivity index (χ3n) is 4.57. The summed E-state index contributed by atoms with van der Waals surface area (Å²) in [4.78, 5) is 36.6. The Hall–Kier alpha value is -2.89. The maximum absolute atomic E-state index is 12.0. The van der Waals surface area contributed by atoms with E-state index in [1.165, 1.54) is 6.08 Å². The molecule has 0 bridgehead atoms. The van der Waals surface area contributed by atoms with Gasteiger partial charge in [-0.05, 0) is 25.0 Å². The number of hydrogen-bond donors (Lipinski definition) is 0. The molecule has 27 heavy (non-hydrogen) atoms. The van der Waals surface area contributed by atoms with Crippen LogP contribution in [-0.4, -0.2) is 35.8 Å². The molecule has 1 aliphatic heterocycles. The highest BCUT2D eigenvalue weighted by molar-refractivity contribution is 5.99. The highest BCUT2D eigenvalue weighted by Crippen LogP contribution is 2.28. The summed E-state index contributed by atoms with van der Waals surface area (Å²) in [5.41, 5.74) is 1.64. The van der Waals surface area contributed by atoms with Crippen molar-refractivity contribution >= 4 is 34.8 Å². The number of nitrogens with zero attached hydrogens (tertiary/aromatic N) is 1. The number of fused-ring (bicyclic) bond motifs is 1. The number of carbonyl (C=O) groups excluding carboxylic acids is 3. The summed E-state index contributed by atoms with van der Waals surface area (Å²) in [6.45, 7) is 2.08. The summed E-state index contributed by atoms with van der Waals surface area (Å²) in [6.07, 6.45) is 6.81. The highest BCUT2D eigenvalue weighted by Gasteiger charge is 2.26. The Morgan fingerprint density at radius 2 is 2.11 bits per heavy atom. The van der Waals surface area contributed by atoms with Crippen LogP contribution < -0.4 is 0 Å². The highest BCUT2D eigenvalue weighted by atomic mass is 16.5. The van der Waals surface area contributed by atoms with Crippen molar-refractivity contribution in [2.24, 2.45) is 0 Å². The molecule has 2 amide bonds. The predicted molar refractivity (Wildman–Crippen MR) is 101 cm³/mol. The molecule has 3 rings (SSSR count). The van der Waals surface area contributed by atoms with Crippen molar-refractivity contribution in [2.45, 2.75) is 39.0 Å². The van der Waals surface area contributed by atoms with Crippen LogP contribution in [0.1, 0.15) is 43.9 Å². The zero-order chi connectivity index (χ0) is 19.2. The summed E-state index contributed by atoms with van der Waals surface area (Å²) >= 11 is 0. The van der Waals surface area contributed by atoms with Gasteiger partial charge in [-0.1, -0.05) is 31.5 Å². The molecule has 1 aromatic carbocycles. The maximum Gasteiger partial charge on any atom is 0.331 e. The summed E-state index contributed by atoms with van der Waals surface area (Å²) < 4.78 is 10.9. The first-order valence-corrected chi connectivity index (χ1v) is 9.28. The molecule has 2 heterocycles. The Morgan fingerprint density at radius 3 is 2.85 bits per heavy atom. The Kier molecular flexibility index (Phi) is 6.06. The number of hydrogen-bond acceptors (Lipinski definition) is 5. The van der Waals surface area contributed by atoms with Gasteiger partial charge in [-0.15, -0.1) is 0 Å². The topological polar surface area (TPSA) is 76.8 Å². The Bertz CT molecular complexity index is 880. The largest absolute Gasteiger partial charge is 0.460 e. The molecule has 0 aliphatic carbocycles. The van der Waals surface area contributed by atoms with Crippen LogP contribution in [-0.2, 0) is 25.5 Å². The maximum atomic E-state index is 12.0. The van der Waals surface area contributed by atoms with Crippen LogP contribution >= 0.6 is 0 Å². The van der Waals surface area contributed by atoms with Crippen LogP contribution in [0.15, 0.2) is 34.8 Å². The fourth-order valence-corrected chi connectivity index (χ4v) is 3.14. The molecule has 1 aromatic heterocycles. The number of imide groups is 1. The second-order valence-electron chi connectivity index (χ2n) is 6.52. The third-order valence-corrected chi connectivity index (χ3v) is 4.57. The minimum absolute atomic E-state index is 0.211. The fourth-order valence-electron chi connectivity index (χ4n) is 3.14. The van der Waals surface area contributed by atoms with Gasteiger partial charge in [-0.3, -0.25) is 14.5 Å². The lowest BCUT2D eigenvalue weighted by atomic mass is 10.1. The molecule has 6 heteroatoms. The number of amides is 2. The van der Waals surface area contributed by atoms with Crippen molar-refractivity contribution in [3.05, 3.63) is 41.7 Å². The summed E-state index contributed by atoms with van der Waals surface area (Å²) in [5.74, 6) is -0.476. The minimum atomic E-state index is -0.623. The molecular weight excluding hydrogens is 346 g/mol. The number of para-hydroxylation sites is 1. The molecule has 1 fully saturated rings. The molecule has 142 valence electrons. The number of aryl methyl sites for hydroxylation is 1. The van der Waals surface area contributed by atoms with Gasteiger partial charge in [0.2, 0.25) is 5.91 Å². The van der Waals surface area contributed by atoms with Gasteiger partial charge in [0.25, 0.3) is 5.91 Å². The second-order valence-corrected chi connectivity index (χ2v) is 6.52. The van der Waals surface area contributed by atoms with Crippen LogP contribution in [0.4, 0.5) is 0 Å². The lowest BCUT2D eigenvalue weighted by molar-refractivity contribution is -0.151. The van der Waals surface area contributed by atoms with E-state index in [-0.39, 0.29) is 5.91 Å². The standard InChI is InChI=1S/C21H23NO5/c1-2-3-8-17-16(15-7-4-5-9-18(15)27-17)11-12-21(25)26-14-20(24)22-13-6-10-19(22)23/h4-5,7,9,11-12H,2-3,6,8,10,13-14H2,1H3. The number of carbonyl (C=O) groups is 3. The number of ether oxygens (including phenoxy) is 1. The SMILES string of the molecule is CCCCc1oc2ccccc2c1C=CC(=O)OCC(=O)N1CCCC1=O. The zero-order valence-corrected chi connectivity index (χ0v) is 15.4. The normalized spacial score (nSPS) is 14.4. The molecule has 0 saturated carbocycles. The second kappa shape index (κ2) is 8.66. The number of furan rings is 1. The van der Waals surface area contributed by atoms with E-state index >= 15 is 0 Å². The summed E-state index contributed by atoms with van der Waals surface area (Å²) in [6, 6.07) is 7.67. The van der Waals surface area contributed by atoms with Crippen LogP contribution in [0.5, 0.6) is 0 Å². The van der Waals surface area contributed by atoms with Crippen LogP contribution in [0, 0.1) is 0 Å². The van der Waals surface area contributed by atoms with Gasteiger partial charge in [0.05, 0.1) is 0 Å². The quantitative estimate of drug-likeness (QED) is 0.552. The van der Waals surface area contributed by atoms with E-state index in [2.05, 4.69) is 6.92 Å². The molecule has 0 unspecified atom stereocenters. The summed E-state index contributed by atoms with van der Waals surface area (Å²) in [7, 11) is 0. The number of unbranched alkanes of at least 4 members (excludes halogenated alkanes) is 1. The van der Waals surface area contributed by atoms with Gasteiger partial charge in [0, 0.05) is 36.4 Å². The van der Waals surface area contributed by atoms with Crippen molar-refractivity contribution in [1.82, 2.24) is 4.90 Å². The molecule has 0 spiro atoms. The van der Waals surface area contributed by atoms with E-state index in [0.29, 0.717) is 19.4 Å². The molecule has 1 aliphatic rings. The van der Waals surface area contributed by atoms with Crippen molar-refractivity contribution in [1.29, 1.82) is 0 Å². The van der Waals surface area contributed by atoms with E-state index in [4.69, 9.17) is 9.15 Å². The first-order chi connectivity index (χ1) is 13.1. The van der Waals surface area contributed by atoms with Gasteiger partial charge >= 0.3 is 5.97 Å². The Labute approximate surface area is 157 Å². The van der Waals surface area contributed by atoms with Crippen molar-refractivity contribution in [3.63, 3.8) is 0 Å². The molecule has 6 nitrogen and oxygen atoms in total. The van der Waals surface area contributed by atoms with Gasteiger partial charge in [-0.2, -0.15) is 0 Å². The smallest absolute Gasteiger partial charge is 0.331 e. The molecule has 0 N–H and O–H groups in total. The Morgan fingerprint density at radius 1 is 1.30 bits per heavy atom. The minimum Gasteiger partial charge on any atom is -0.460 e. The fraction of sp³-hybridized carbons (Fsp3) is 0.381. The predicted octanol–water partition coefficient (Wildman–Crippen LogP) is 3.48. The number of esters is 1. The molecular formula is C21H23NO5. The lowest BCUT2D eigenvalue weighted by Gasteiger charge is -2.12. The van der Waals surface area contributed by atoms with Crippen LogP contribution in [0.2, 0.25) is 0 Å². The van der Waals surface area contributed by atoms with E-state index in [9.17, 15) is 14.4 Å². The average Bonchev–Trinajstić information content (AvgIpc) is 3.25. The van der Waals surface area contributed by atoms with E-state index in [0.717, 1.165) is 46.5 Å². The van der Waals surface area contributed by atoms with Gasteiger partial charge in [0.15, 0.2) is 6.61 Å². The van der Waals surface area contributed by atoms with Crippen molar-refractivity contribution in [3.8, 4) is 0 Å². The third kappa shape index (κ3) is 4.45. The van der Waals surface area contributed by atoms with Gasteiger partial charge < -0.3 is 9.15 Å². The summed E-state index contributed by atoms with van der Waals surface area (Å²) in [5, 5.41) is 0.936. The van der Waals surface area contributed by atoms with Gasteiger partial charge in [0.1, 0.15) is 11.3 Å². The Balaban J connectivity index is 1.66.